The molecule has 11 rings (SSSR count). The third-order valence-corrected chi connectivity index (χ3v) is 23.6. The Kier molecular flexibility index (Phi) is 8.41. The van der Waals surface area contributed by atoms with Crippen molar-refractivity contribution >= 4 is 54.3 Å². The fourth-order valence-corrected chi connectivity index (χ4v) is 22.6. The van der Waals surface area contributed by atoms with E-state index in [0.717, 1.165) is 41.7 Å². The molecular formula is C44H62N2P2Si2. The molecule has 8 bridgehead atoms. The van der Waals surface area contributed by atoms with E-state index in [1.807, 2.05) is 18.0 Å². The molecule has 0 amide bonds. The van der Waals surface area contributed by atoms with Crippen molar-refractivity contribution < 1.29 is 0 Å². The van der Waals surface area contributed by atoms with Gasteiger partial charge in [0.1, 0.15) is 0 Å². The van der Waals surface area contributed by atoms with E-state index in [0.29, 0.717) is 10.8 Å². The number of aromatic nitrogens is 2. The van der Waals surface area contributed by atoms with Crippen molar-refractivity contribution in [3.8, 4) is 0 Å². The van der Waals surface area contributed by atoms with Crippen LogP contribution in [0.5, 0.6) is 0 Å². The van der Waals surface area contributed by atoms with Gasteiger partial charge in [0.25, 0.3) is 0 Å². The average Bonchev–Trinajstić information content (AvgIpc) is 3.05. The van der Waals surface area contributed by atoms with Crippen LogP contribution in [0.3, 0.4) is 0 Å². The predicted molar refractivity (Wildman–Crippen MR) is 223 cm³/mol. The smallest absolute Gasteiger partial charge is 0.0774 e. The van der Waals surface area contributed by atoms with Gasteiger partial charge in [0.05, 0.1) is 16.1 Å². The lowest BCUT2D eigenvalue weighted by Gasteiger charge is -2.72. The molecule has 2 nitrogen and oxygen atoms in total. The SMILES string of the molecule is C[Si](C)(C)c1cc(CP(c2cccnc2)c2cccnc2)c(C(P)(C23CC4CC(CC(C4)C2)C3)C23CC4CC(CC(C4)C2)C3)cc1[Si](C)(C)C. The molecule has 2 aromatic heterocycles. The van der Waals surface area contributed by atoms with Gasteiger partial charge in [-0.25, -0.2) is 0 Å². The van der Waals surface area contributed by atoms with Gasteiger partial charge in [-0.2, -0.15) is 0 Å². The summed E-state index contributed by atoms with van der Waals surface area (Å²) < 4.78 is 0. The molecule has 8 saturated carbocycles. The zero-order valence-corrected chi connectivity index (χ0v) is 35.9. The standard InChI is InChI=1S/C44H62N2P2Si2/c1-49(2,3)40-19-36(29-48(37-9-7-11-45-27-37)38-10-8-12-46-28-38)39(20-41(40)50(4,5)6)44(47,42-21-30-13-31(22-42)15-32(14-30)23-42)43-24-33-16-34(25-43)18-35(17-33)26-43/h7-12,19-20,27-28,30-35H,13-18,21-26,29,47H2,1-6H3. The first-order valence-electron chi connectivity index (χ1n) is 20.3. The van der Waals surface area contributed by atoms with Crippen molar-refractivity contribution in [3.05, 3.63) is 72.3 Å². The molecule has 0 aliphatic heterocycles. The number of hydrogen-bond acceptors (Lipinski definition) is 2. The molecule has 6 heteroatoms. The van der Waals surface area contributed by atoms with E-state index in [-0.39, 0.29) is 5.16 Å². The molecule has 1 aromatic carbocycles. The molecule has 0 radical (unpaired) electrons. The number of rotatable bonds is 9. The van der Waals surface area contributed by atoms with Crippen LogP contribution in [0.25, 0.3) is 0 Å². The summed E-state index contributed by atoms with van der Waals surface area (Å²) in [4.78, 5) is 9.41. The summed E-state index contributed by atoms with van der Waals surface area (Å²) in [5.74, 6) is 5.75. The van der Waals surface area contributed by atoms with E-state index in [2.05, 4.69) is 97.3 Å². The van der Waals surface area contributed by atoms with Crippen LogP contribution in [0.4, 0.5) is 0 Å². The fraction of sp³-hybridized carbons (Fsp3) is 0.636. The van der Waals surface area contributed by atoms with Crippen LogP contribution in [-0.2, 0) is 11.3 Å². The zero-order valence-electron chi connectivity index (χ0n) is 31.8. The van der Waals surface area contributed by atoms with Crippen molar-refractivity contribution in [2.75, 3.05) is 0 Å². The van der Waals surface area contributed by atoms with E-state index < -0.39 is 24.1 Å². The van der Waals surface area contributed by atoms with Gasteiger partial charge in [-0.1, -0.05) is 73.9 Å². The minimum atomic E-state index is -1.65. The summed E-state index contributed by atoms with van der Waals surface area (Å²) in [7, 11) is 0.0156. The fourth-order valence-electron chi connectivity index (χ4n) is 14.2. The molecule has 3 aromatic rings. The van der Waals surface area contributed by atoms with Crippen LogP contribution >= 0.6 is 17.2 Å². The highest BCUT2D eigenvalue weighted by molar-refractivity contribution is 7.72. The molecule has 8 aliphatic rings. The van der Waals surface area contributed by atoms with Crippen molar-refractivity contribution in [2.45, 2.75) is 128 Å². The van der Waals surface area contributed by atoms with Crippen LogP contribution in [0.2, 0.25) is 39.3 Å². The first-order valence-corrected chi connectivity index (χ1v) is 29.4. The number of nitrogens with zero attached hydrogens (tertiary/aromatic N) is 2. The van der Waals surface area contributed by atoms with Crippen LogP contribution < -0.4 is 21.0 Å². The van der Waals surface area contributed by atoms with Gasteiger partial charge < -0.3 is 0 Å². The third kappa shape index (κ3) is 5.57. The van der Waals surface area contributed by atoms with Crippen molar-refractivity contribution in [3.63, 3.8) is 0 Å². The molecule has 0 spiro atoms. The van der Waals surface area contributed by atoms with E-state index in [1.54, 1.807) is 15.9 Å². The second kappa shape index (κ2) is 12.2. The van der Waals surface area contributed by atoms with Crippen LogP contribution in [-0.4, -0.2) is 26.1 Å². The molecule has 8 aliphatic carbocycles. The lowest BCUT2D eigenvalue weighted by Crippen LogP contribution is -2.65. The maximum absolute atomic E-state index is 4.70. The van der Waals surface area contributed by atoms with Gasteiger partial charge in [0, 0.05) is 36.1 Å². The maximum atomic E-state index is 4.70. The molecule has 8 fully saturated rings. The van der Waals surface area contributed by atoms with E-state index in [4.69, 9.17) is 9.97 Å². The first-order chi connectivity index (χ1) is 23.8. The van der Waals surface area contributed by atoms with E-state index in [1.165, 1.54) is 87.7 Å². The summed E-state index contributed by atoms with van der Waals surface area (Å²) in [5, 5.41) is 6.47. The highest BCUT2D eigenvalue weighted by atomic mass is 31.1. The number of benzene rings is 1. The third-order valence-electron chi connectivity index (χ3n) is 15.3. The maximum Gasteiger partial charge on any atom is 0.0774 e. The highest BCUT2D eigenvalue weighted by Gasteiger charge is 2.69. The van der Waals surface area contributed by atoms with Gasteiger partial charge in [-0.05, 0) is 165 Å². The summed E-state index contributed by atoms with van der Waals surface area (Å²) >= 11 is 0. The van der Waals surface area contributed by atoms with Gasteiger partial charge in [-0.3, -0.25) is 9.97 Å². The summed E-state index contributed by atoms with van der Waals surface area (Å²) in [6, 6.07) is 14.9. The highest BCUT2D eigenvalue weighted by Crippen LogP contribution is 2.78. The molecule has 0 saturated heterocycles. The van der Waals surface area contributed by atoms with E-state index in [9.17, 15) is 0 Å². The Morgan fingerprint density at radius 1 is 0.640 bits per heavy atom. The van der Waals surface area contributed by atoms with Gasteiger partial charge in [-0.15, -0.1) is 9.24 Å². The largest absolute Gasteiger partial charge is 0.264 e. The Balaban J connectivity index is 1.32. The molecule has 1 unspecified atom stereocenters. The van der Waals surface area contributed by atoms with Crippen molar-refractivity contribution in [1.82, 2.24) is 9.97 Å². The second-order valence-electron chi connectivity index (χ2n) is 20.8. The molecule has 0 N–H and O–H groups in total. The molecule has 2 heterocycles. The summed E-state index contributed by atoms with van der Waals surface area (Å²) in [6.45, 7) is 15.8. The minimum absolute atomic E-state index is 0.138. The van der Waals surface area contributed by atoms with E-state index >= 15 is 0 Å². The Bertz CT molecular complexity index is 1590. The molecule has 50 heavy (non-hydrogen) atoms. The number of pyridine rings is 2. The Morgan fingerprint density at radius 2 is 1.02 bits per heavy atom. The van der Waals surface area contributed by atoms with Crippen LogP contribution in [0, 0.1) is 46.3 Å². The quantitative estimate of drug-likeness (QED) is 0.162. The predicted octanol–water partition coefficient (Wildman–Crippen LogP) is 9.70. The lowest BCUT2D eigenvalue weighted by atomic mass is 9.37. The average molecular weight is 737 g/mol. The monoisotopic (exact) mass is 736 g/mol. The molecule has 266 valence electrons. The van der Waals surface area contributed by atoms with Gasteiger partial charge in [0.2, 0.25) is 0 Å². The van der Waals surface area contributed by atoms with Crippen LogP contribution in [0.15, 0.2) is 61.2 Å². The Labute approximate surface area is 309 Å². The van der Waals surface area contributed by atoms with Gasteiger partial charge >= 0.3 is 0 Å². The lowest BCUT2D eigenvalue weighted by molar-refractivity contribution is -0.158. The number of hydrogen-bond donors (Lipinski definition) is 0. The Hall–Kier alpha value is -1.19. The summed E-state index contributed by atoms with van der Waals surface area (Å²) in [6.07, 6.45) is 27.4. The topological polar surface area (TPSA) is 25.8 Å². The summed E-state index contributed by atoms with van der Waals surface area (Å²) in [5.41, 5.74) is 4.33. The van der Waals surface area contributed by atoms with Crippen LogP contribution in [0.1, 0.15) is 88.2 Å². The Morgan fingerprint density at radius 3 is 1.36 bits per heavy atom. The molecular weight excluding hydrogens is 675 g/mol. The minimum Gasteiger partial charge on any atom is -0.264 e. The second-order valence-corrected chi connectivity index (χ2v) is 33.9. The first kappa shape index (κ1) is 34.6. The normalized spacial score (nSPS) is 35.5. The zero-order chi connectivity index (χ0) is 34.7. The van der Waals surface area contributed by atoms with Gasteiger partial charge in [0.15, 0.2) is 0 Å². The molecule has 1 atom stereocenters. The van der Waals surface area contributed by atoms with Crippen molar-refractivity contribution in [1.29, 1.82) is 0 Å². The van der Waals surface area contributed by atoms with Crippen molar-refractivity contribution in [2.24, 2.45) is 46.3 Å².